The Morgan fingerprint density at radius 1 is 1.09 bits per heavy atom. The lowest BCUT2D eigenvalue weighted by molar-refractivity contribution is 0.520. The molecule has 0 saturated heterocycles. The van der Waals surface area contributed by atoms with Crippen LogP contribution in [0.2, 0.25) is 0 Å². The maximum absolute atomic E-state index is 13.5. The predicted octanol–water partition coefficient (Wildman–Crippen LogP) is 2.83. The highest BCUT2D eigenvalue weighted by Gasteiger charge is 2.17. The van der Waals surface area contributed by atoms with Gasteiger partial charge in [0, 0.05) is 20.6 Å². The lowest BCUT2D eigenvalue weighted by atomic mass is 10.2. The van der Waals surface area contributed by atoms with E-state index in [2.05, 4.69) is 5.32 Å². The Kier molecular flexibility index (Phi) is 4.77. The van der Waals surface area contributed by atoms with Crippen molar-refractivity contribution in [1.82, 2.24) is 4.31 Å². The van der Waals surface area contributed by atoms with E-state index in [1.165, 1.54) is 26.2 Å². The number of anilines is 1. The van der Waals surface area contributed by atoms with E-state index < -0.39 is 21.7 Å². The molecule has 0 atom stereocenters. The molecule has 7 heteroatoms. The lowest BCUT2D eigenvalue weighted by Gasteiger charge is -2.13. The van der Waals surface area contributed by atoms with E-state index in [-0.39, 0.29) is 17.1 Å². The number of hydrogen-bond acceptors (Lipinski definition) is 3. The number of rotatable bonds is 5. The summed E-state index contributed by atoms with van der Waals surface area (Å²) in [6.07, 6.45) is 0. The molecule has 1 N–H and O–H groups in total. The average Bonchev–Trinajstić information content (AvgIpc) is 2.48. The molecule has 2 aromatic rings. The first kappa shape index (κ1) is 16.4. The van der Waals surface area contributed by atoms with Crippen LogP contribution in [0, 0.1) is 11.6 Å². The monoisotopic (exact) mass is 326 g/mol. The summed E-state index contributed by atoms with van der Waals surface area (Å²) in [5.74, 6) is -1.12. The zero-order chi connectivity index (χ0) is 16.3. The molecule has 0 aliphatic heterocycles. The van der Waals surface area contributed by atoms with Gasteiger partial charge in [-0.15, -0.1) is 0 Å². The summed E-state index contributed by atoms with van der Waals surface area (Å²) in [6, 6.07) is 9.42. The number of sulfonamides is 1. The molecule has 0 saturated carbocycles. The summed E-state index contributed by atoms with van der Waals surface area (Å²) in [5.41, 5.74) is 0.674. The molecule has 2 aromatic carbocycles. The number of hydrogen-bond donors (Lipinski definition) is 1. The fourth-order valence-electron chi connectivity index (χ4n) is 1.86. The standard InChI is InChI=1S/C15H16F2N2O2S/c1-19(2)22(20,21)13-5-3-4-11(8-13)10-18-15-9-12(16)6-7-14(15)17/h3-9,18H,10H2,1-2H3. The lowest BCUT2D eigenvalue weighted by Crippen LogP contribution is -2.22. The number of benzene rings is 2. The molecule has 0 radical (unpaired) electrons. The normalized spacial score (nSPS) is 11.7. The van der Waals surface area contributed by atoms with E-state index in [1.54, 1.807) is 12.1 Å². The van der Waals surface area contributed by atoms with E-state index in [4.69, 9.17) is 0 Å². The van der Waals surface area contributed by atoms with Gasteiger partial charge < -0.3 is 5.32 Å². The van der Waals surface area contributed by atoms with Gasteiger partial charge in [0.25, 0.3) is 0 Å². The van der Waals surface area contributed by atoms with Crippen molar-refractivity contribution in [2.45, 2.75) is 11.4 Å². The molecule has 0 aromatic heterocycles. The van der Waals surface area contributed by atoms with Crippen LogP contribution < -0.4 is 5.32 Å². The highest BCUT2D eigenvalue weighted by atomic mass is 32.2. The summed E-state index contributed by atoms with van der Waals surface area (Å²) < 4.78 is 51.8. The van der Waals surface area contributed by atoms with Gasteiger partial charge in [-0.3, -0.25) is 0 Å². The molecule has 0 fully saturated rings. The van der Waals surface area contributed by atoms with E-state index in [0.29, 0.717) is 5.56 Å². The van der Waals surface area contributed by atoms with Crippen molar-refractivity contribution >= 4 is 15.7 Å². The van der Waals surface area contributed by atoms with Gasteiger partial charge >= 0.3 is 0 Å². The van der Waals surface area contributed by atoms with Gasteiger partial charge in [-0.1, -0.05) is 12.1 Å². The maximum atomic E-state index is 13.5. The second-order valence-electron chi connectivity index (χ2n) is 4.91. The molecule has 4 nitrogen and oxygen atoms in total. The molecule has 0 bridgehead atoms. The van der Waals surface area contributed by atoms with E-state index in [0.717, 1.165) is 22.5 Å². The molecule has 0 spiro atoms. The fourth-order valence-corrected chi connectivity index (χ4v) is 2.83. The second-order valence-corrected chi connectivity index (χ2v) is 7.06. The van der Waals surface area contributed by atoms with Crippen molar-refractivity contribution in [3.8, 4) is 0 Å². The van der Waals surface area contributed by atoms with Crippen LogP contribution in [0.25, 0.3) is 0 Å². The van der Waals surface area contributed by atoms with Crippen LogP contribution in [0.4, 0.5) is 14.5 Å². The zero-order valence-electron chi connectivity index (χ0n) is 12.2. The SMILES string of the molecule is CN(C)S(=O)(=O)c1cccc(CNc2cc(F)ccc2F)c1. The highest BCUT2D eigenvalue weighted by molar-refractivity contribution is 7.89. The summed E-state index contributed by atoms with van der Waals surface area (Å²) in [6.45, 7) is 0.178. The Labute approximate surface area is 128 Å². The van der Waals surface area contributed by atoms with Crippen molar-refractivity contribution < 1.29 is 17.2 Å². The third kappa shape index (κ3) is 3.61. The Morgan fingerprint density at radius 3 is 2.50 bits per heavy atom. The van der Waals surface area contributed by atoms with Gasteiger partial charge in [0.15, 0.2) is 0 Å². The third-order valence-corrected chi connectivity index (χ3v) is 4.90. The molecule has 22 heavy (non-hydrogen) atoms. The molecular formula is C15H16F2N2O2S. The van der Waals surface area contributed by atoms with Crippen molar-refractivity contribution in [3.05, 3.63) is 59.7 Å². The van der Waals surface area contributed by atoms with E-state index >= 15 is 0 Å². The molecule has 0 amide bonds. The van der Waals surface area contributed by atoms with E-state index in [1.807, 2.05) is 0 Å². The van der Waals surface area contributed by atoms with Crippen molar-refractivity contribution in [2.75, 3.05) is 19.4 Å². The van der Waals surface area contributed by atoms with Crippen LogP contribution in [-0.4, -0.2) is 26.8 Å². The summed E-state index contributed by atoms with van der Waals surface area (Å²) in [5, 5.41) is 2.75. The minimum Gasteiger partial charge on any atom is -0.379 e. The topological polar surface area (TPSA) is 49.4 Å². The fraction of sp³-hybridized carbons (Fsp3) is 0.200. The molecular weight excluding hydrogens is 310 g/mol. The largest absolute Gasteiger partial charge is 0.379 e. The minimum absolute atomic E-state index is 0.0286. The Morgan fingerprint density at radius 2 is 1.82 bits per heavy atom. The second kappa shape index (κ2) is 6.41. The smallest absolute Gasteiger partial charge is 0.242 e. The molecule has 118 valence electrons. The van der Waals surface area contributed by atoms with Crippen LogP contribution in [0.1, 0.15) is 5.56 Å². The Hall–Kier alpha value is -1.99. The maximum Gasteiger partial charge on any atom is 0.242 e. The average molecular weight is 326 g/mol. The van der Waals surface area contributed by atoms with Gasteiger partial charge in [-0.25, -0.2) is 21.5 Å². The Bertz CT molecular complexity index is 777. The Balaban J connectivity index is 2.20. The molecule has 0 aliphatic rings. The number of nitrogens with zero attached hydrogens (tertiary/aromatic N) is 1. The first-order chi connectivity index (χ1) is 10.3. The van der Waals surface area contributed by atoms with Crippen LogP contribution in [0.5, 0.6) is 0 Å². The third-order valence-electron chi connectivity index (χ3n) is 3.09. The summed E-state index contributed by atoms with van der Waals surface area (Å²) >= 11 is 0. The zero-order valence-corrected chi connectivity index (χ0v) is 13.0. The number of halogens is 2. The molecule has 2 rings (SSSR count). The highest BCUT2D eigenvalue weighted by Crippen LogP contribution is 2.18. The van der Waals surface area contributed by atoms with Gasteiger partial charge in [0.2, 0.25) is 10.0 Å². The van der Waals surface area contributed by atoms with Crippen LogP contribution in [0.3, 0.4) is 0 Å². The molecule has 0 aliphatic carbocycles. The van der Waals surface area contributed by atoms with Crippen LogP contribution in [-0.2, 0) is 16.6 Å². The van der Waals surface area contributed by atoms with Gasteiger partial charge in [-0.2, -0.15) is 0 Å². The van der Waals surface area contributed by atoms with Gasteiger partial charge in [0.1, 0.15) is 11.6 Å². The number of nitrogens with one attached hydrogen (secondary N) is 1. The van der Waals surface area contributed by atoms with Crippen LogP contribution in [0.15, 0.2) is 47.4 Å². The minimum atomic E-state index is -3.53. The molecule has 0 unspecified atom stereocenters. The quantitative estimate of drug-likeness (QED) is 0.919. The summed E-state index contributed by atoms with van der Waals surface area (Å²) in [7, 11) is -0.632. The molecule has 0 heterocycles. The first-order valence-electron chi connectivity index (χ1n) is 6.51. The van der Waals surface area contributed by atoms with Gasteiger partial charge in [0.05, 0.1) is 10.6 Å². The van der Waals surface area contributed by atoms with Gasteiger partial charge in [-0.05, 0) is 35.9 Å². The van der Waals surface area contributed by atoms with Crippen molar-refractivity contribution in [1.29, 1.82) is 0 Å². The predicted molar refractivity (Wildman–Crippen MR) is 81.0 cm³/mol. The summed E-state index contributed by atoms with van der Waals surface area (Å²) in [4.78, 5) is 0.150. The van der Waals surface area contributed by atoms with Crippen molar-refractivity contribution in [3.63, 3.8) is 0 Å². The van der Waals surface area contributed by atoms with E-state index in [9.17, 15) is 17.2 Å². The van der Waals surface area contributed by atoms with Crippen LogP contribution >= 0.6 is 0 Å². The van der Waals surface area contributed by atoms with Crippen molar-refractivity contribution in [2.24, 2.45) is 0 Å². The first-order valence-corrected chi connectivity index (χ1v) is 7.95.